The predicted octanol–water partition coefficient (Wildman–Crippen LogP) is 3.66. The summed E-state index contributed by atoms with van der Waals surface area (Å²) in [5.41, 5.74) is 2.98. The monoisotopic (exact) mass is 449 g/mol. The lowest BCUT2D eigenvalue weighted by atomic mass is 10.1. The molecule has 0 atom stereocenters. The lowest BCUT2D eigenvalue weighted by Crippen LogP contribution is -2.04. The number of anilines is 3. The summed E-state index contributed by atoms with van der Waals surface area (Å²) in [6.07, 6.45) is 3.34. The van der Waals surface area contributed by atoms with E-state index in [1.807, 2.05) is 31.2 Å². The van der Waals surface area contributed by atoms with Gasteiger partial charge in [-0.15, -0.1) is 0 Å². The molecule has 3 heterocycles. The maximum Gasteiger partial charge on any atom is 0.224 e. The Hall–Kier alpha value is -3.92. The quantitative estimate of drug-likeness (QED) is 0.278. The highest BCUT2D eigenvalue weighted by atomic mass is 16.5. The molecule has 1 aromatic carbocycles. The van der Waals surface area contributed by atoms with E-state index in [0.29, 0.717) is 31.5 Å². The van der Waals surface area contributed by atoms with Crippen LogP contribution in [0.3, 0.4) is 0 Å². The smallest absolute Gasteiger partial charge is 0.224 e. The molecule has 0 saturated carbocycles. The van der Waals surface area contributed by atoms with Crippen LogP contribution in [0.2, 0.25) is 0 Å². The molecule has 3 N–H and O–H groups in total. The molecule has 4 aromatic rings. The van der Waals surface area contributed by atoms with Gasteiger partial charge in [0.2, 0.25) is 5.95 Å². The van der Waals surface area contributed by atoms with Crippen LogP contribution in [0.5, 0.6) is 5.75 Å². The number of aryl methyl sites for hydroxylation is 3. The fourth-order valence-corrected chi connectivity index (χ4v) is 3.18. The first-order valence-electron chi connectivity index (χ1n) is 10.7. The van der Waals surface area contributed by atoms with Gasteiger partial charge in [0.05, 0.1) is 24.5 Å². The molecule has 33 heavy (non-hydrogen) atoms. The number of H-pyrrole nitrogens is 1. The topological polar surface area (TPSA) is 123 Å². The van der Waals surface area contributed by atoms with E-state index in [1.54, 1.807) is 19.4 Å². The van der Waals surface area contributed by atoms with Crippen molar-refractivity contribution in [2.75, 3.05) is 31.0 Å². The van der Waals surface area contributed by atoms with Crippen molar-refractivity contribution in [2.45, 2.75) is 26.3 Å². The van der Waals surface area contributed by atoms with Crippen molar-refractivity contribution in [1.29, 1.82) is 0 Å². The fraction of sp³-hybridized carbons (Fsp3) is 0.304. The van der Waals surface area contributed by atoms with Crippen LogP contribution in [0.4, 0.5) is 17.6 Å². The number of benzene rings is 1. The third kappa shape index (κ3) is 6.78. The summed E-state index contributed by atoms with van der Waals surface area (Å²) < 4.78 is 15.9. The maximum absolute atomic E-state index is 5.68. The van der Waals surface area contributed by atoms with Gasteiger partial charge in [0.15, 0.2) is 5.76 Å². The molecule has 10 heteroatoms. The third-order valence-corrected chi connectivity index (χ3v) is 4.77. The molecule has 0 aliphatic carbocycles. The van der Waals surface area contributed by atoms with Crippen molar-refractivity contribution >= 4 is 17.6 Å². The van der Waals surface area contributed by atoms with Gasteiger partial charge in [-0.05, 0) is 43.5 Å². The molecule has 172 valence electrons. The van der Waals surface area contributed by atoms with E-state index in [9.17, 15) is 0 Å². The van der Waals surface area contributed by atoms with Crippen molar-refractivity contribution in [3.8, 4) is 5.75 Å². The van der Waals surface area contributed by atoms with E-state index in [1.165, 1.54) is 5.56 Å². The maximum atomic E-state index is 5.68. The largest absolute Gasteiger partial charge is 0.491 e. The predicted molar refractivity (Wildman–Crippen MR) is 124 cm³/mol. The number of hydrogen-bond acceptors (Lipinski definition) is 9. The zero-order valence-corrected chi connectivity index (χ0v) is 18.7. The number of methoxy groups -OCH3 is 1. The number of aromatic nitrogens is 5. The Labute approximate surface area is 191 Å². The molecule has 0 bridgehead atoms. The average molecular weight is 450 g/mol. The van der Waals surface area contributed by atoms with Gasteiger partial charge in [-0.1, -0.05) is 17.3 Å². The molecule has 0 radical (unpaired) electrons. The van der Waals surface area contributed by atoms with Crippen LogP contribution in [0.25, 0.3) is 0 Å². The third-order valence-electron chi connectivity index (χ3n) is 4.77. The fourth-order valence-electron chi connectivity index (χ4n) is 3.18. The lowest BCUT2D eigenvalue weighted by molar-refractivity contribution is 0.146. The van der Waals surface area contributed by atoms with Crippen LogP contribution < -0.4 is 15.4 Å². The van der Waals surface area contributed by atoms with E-state index < -0.39 is 0 Å². The standard InChI is InChI=1S/C23H27N7O3/c1-16-12-20(33-30-16)15-25-23-24-9-8-21(27-23)26-22-14-18(28-29-22)7-6-17-4-3-5-19(13-17)32-11-10-31-2/h3-5,8-9,12-14H,6-7,10-11,15H2,1-2H3,(H3,24,25,26,27,28,29). The first kappa shape index (κ1) is 22.3. The van der Waals surface area contributed by atoms with Crippen molar-refractivity contribution in [2.24, 2.45) is 0 Å². The highest BCUT2D eigenvalue weighted by Crippen LogP contribution is 2.18. The Morgan fingerprint density at radius 2 is 2.03 bits per heavy atom. The zero-order valence-electron chi connectivity index (χ0n) is 18.7. The second kappa shape index (κ2) is 11.1. The molecule has 3 aromatic heterocycles. The van der Waals surface area contributed by atoms with Crippen LogP contribution in [-0.4, -0.2) is 45.6 Å². The van der Waals surface area contributed by atoms with Crippen molar-refractivity contribution < 1.29 is 14.0 Å². The minimum absolute atomic E-state index is 0.455. The van der Waals surface area contributed by atoms with Crippen LogP contribution >= 0.6 is 0 Å². The number of rotatable bonds is 12. The van der Waals surface area contributed by atoms with Crippen molar-refractivity contribution in [3.63, 3.8) is 0 Å². The number of aromatic amines is 1. The van der Waals surface area contributed by atoms with E-state index in [0.717, 1.165) is 41.6 Å². The average Bonchev–Trinajstić information content (AvgIpc) is 3.45. The molecule has 0 amide bonds. The van der Waals surface area contributed by atoms with Gasteiger partial charge in [-0.25, -0.2) is 4.98 Å². The van der Waals surface area contributed by atoms with Crippen LogP contribution in [0, 0.1) is 6.92 Å². The molecular formula is C23H27N7O3. The van der Waals surface area contributed by atoms with E-state index in [-0.39, 0.29) is 0 Å². The minimum atomic E-state index is 0.455. The molecule has 0 spiro atoms. The lowest BCUT2D eigenvalue weighted by Gasteiger charge is -2.07. The van der Waals surface area contributed by atoms with Gasteiger partial charge in [-0.2, -0.15) is 10.1 Å². The van der Waals surface area contributed by atoms with E-state index >= 15 is 0 Å². The molecule has 10 nitrogen and oxygen atoms in total. The first-order chi connectivity index (χ1) is 16.2. The molecule has 4 rings (SSSR count). The summed E-state index contributed by atoms with van der Waals surface area (Å²) in [5.74, 6) is 3.47. The molecule has 0 saturated heterocycles. The summed E-state index contributed by atoms with van der Waals surface area (Å²) in [5, 5.41) is 17.6. The zero-order chi connectivity index (χ0) is 22.9. The van der Waals surface area contributed by atoms with Gasteiger partial charge in [0, 0.05) is 25.4 Å². The second-order valence-electron chi connectivity index (χ2n) is 7.44. The van der Waals surface area contributed by atoms with Crippen LogP contribution in [0.1, 0.15) is 22.7 Å². The Kier molecular flexibility index (Phi) is 7.49. The molecule has 0 unspecified atom stereocenters. The first-order valence-corrected chi connectivity index (χ1v) is 10.7. The number of hydrogen-bond donors (Lipinski definition) is 3. The number of nitrogens with zero attached hydrogens (tertiary/aromatic N) is 4. The van der Waals surface area contributed by atoms with Crippen molar-refractivity contribution in [1.82, 2.24) is 25.3 Å². The summed E-state index contributed by atoms with van der Waals surface area (Å²) in [4.78, 5) is 8.70. The van der Waals surface area contributed by atoms with Gasteiger partial charge in [0.25, 0.3) is 0 Å². The summed E-state index contributed by atoms with van der Waals surface area (Å²) in [7, 11) is 1.66. The van der Waals surface area contributed by atoms with Crippen LogP contribution in [-0.2, 0) is 24.1 Å². The van der Waals surface area contributed by atoms with Gasteiger partial charge < -0.3 is 24.6 Å². The second-order valence-corrected chi connectivity index (χ2v) is 7.44. The van der Waals surface area contributed by atoms with Gasteiger partial charge in [0.1, 0.15) is 24.0 Å². The molecule has 0 aliphatic heterocycles. The highest BCUT2D eigenvalue weighted by molar-refractivity contribution is 5.53. The Bertz CT molecular complexity index is 1160. The Morgan fingerprint density at radius 3 is 2.88 bits per heavy atom. The number of ether oxygens (including phenoxy) is 2. The van der Waals surface area contributed by atoms with E-state index in [2.05, 4.69) is 48.1 Å². The van der Waals surface area contributed by atoms with E-state index in [4.69, 9.17) is 14.0 Å². The minimum Gasteiger partial charge on any atom is -0.491 e. The number of nitrogens with one attached hydrogen (secondary N) is 3. The van der Waals surface area contributed by atoms with Crippen molar-refractivity contribution in [3.05, 3.63) is 71.4 Å². The SMILES string of the molecule is COCCOc1cccc(CCc2cc(Nc3ccnc(NCc4cc(C)no4)n3)[nH]n2)c1. The Morgan fingerprint density at radius 1 is 1.09 bits per heavy atom. The van der Waals surface area contributed by atoms with Gasteiger partial charge >= 0.3 is 0 Å². The molecular weight excluding hydrogens is 422 g/mol. The normalized spacial score (nSPS) is 10.8. The summed E-state index contributed by atoms with van der Waals surface area (Å²) in [6, 6.07) is 13.7. The highest BCUT2D eigenvalue weighted by Gasteiger charge is 2.06. The van der Waals surface area contributed by atoms with Gasteiger partial charge in [-0.3, -0.25) is 5.10 Å². The summed E-state index contributed by atoms with van der Waals surface area (Å²) in [6.45, 7) is 3.44. The summed E-state index contributed by atoms with van der Waals surface area (Å²) >= 11 is 0. The molecule has 0 fully saturated rings. The Balaban J connectivity index is 1.28. The molecule has 0 aliphatic rings. The van der Waals surface area contributed by atoms with Crippen LogP contribution in [0.15, 0.2) is 53.2 Å².